The Kier molecular flexibility index (Phi) is 2.31. The van der Waals surface area contributed by atoms with Crippen LogP contribution in [-0.4, -0.2) is 11.0 Å². The molecule has 0 spiro atoms. The maximum atomic E-state index is 12.1. The molecule has 0 amide bonds. The van der Waals surface area contributed by atoms with Crippen molar-refractivity contribution in [2.24, 2.45) is 0 Å². The van der Waals surface area contributed by atoms with Gasteiger partial charge in [-0.15, -0.1) is 0 Å². The lowest BCUT2D eigenvalue weighted by Crippen LogP contribution is -2.08. The van der Waals surface area contributed by atoms with E-state index in [4.69, 9.17) is 0 Å². The van der Waals surface area contributed by atoms with Crippen LogP contribution in [0, 0.1) is 0 Å². The monoisotopic (exact) mass is 193 g/mol. The highest BCUT2D eigenvalue weighted by atomic mass is 19.4. The largest absolute Gasteiger partial charge is 0.424 e. The molecule has 1 aromatic rings. The van der Waals surface area contributed by atoms with Gasteiger partial charge in [0.05, 0.1) is 0 Å². The quantitative estimate of drug-likeness (QED) is 0.692. The van der Waals surface area contributed by atoms with Gasteiger partial charge < -0.3 is 9.72 Å². The normalized spacial score (nSPS) is 11.4. The van der Waals surface area contributed by atoms with E-state index in [1.54, 1.807) is 0 Å². The Hall–Kier alpha value is -1.46. The maximum Gasteiger partial charge on any atom is 0.421 e. The van der Waals surface area contributed by atoms with Crippen LogP contribution in [0.1, 0.15) is 12.5 Å². The molecule has 3 nitrogen and oxygen atoms in total. The van der Waals surface area contributed by atoms with Gasteiger partial charge in [0, 0.05) is 19.3 Å². The molecule has 0 aliphatic heterocycles. The first-order chi connectivity index (χ1) is 5.91. The van der Waals surface area contributed by atoms with Crippen molar-refractivity contribution in [1.29, 1.82) is 0 Å². The molecule has 0 aliphatic rings. The van der Waals surface area contributed by atoms with Crippen LogP contribution >= 0.6 is 0 Å². The van der Waals surface area contributed by atoms with E-state index in [0.717, 1.165) is 19.3 Å². The van der Waals surface area contributed by atoms with Gasteiger partial charge in [0.2, 0.25) is 0 Å². The van der Waals surface area contributed by atoms with Crippen molar-refractivity contribution in [3.05, 3.63) is 18.0 Å². The van der Waals surface area contributed by atoms with Crippen molar-refractivity contribution < 1.29 is 22.7 Å². The summed E-state index contributed by atoms with van der Waals surface area (Å²) in [6.45, 7) is 1.03. The second-order valence-electron chi connectivity index (χ2n) is 2.32. The highest BCUT2D eigenvalue weighted by Gasteiger charge is 2.35. The minimum absolute atomic E-state index is 0.500. The van der Waals surface area contributed by atoms with Crippen LogP contribution in [0.2, 0.25) is 0 Å². The first-order valence-corrected chi connectivity index (χ1v) is 3.33. The average Bonchev–Trinajstić information content (AvgIpc) is 2.31. The van der Waals surface area contributed by atoms with Gasteiger partial charge in [-0.2, -0.15) is 13.2 Å². The molecule has 0 bridgehead atoms. The number of hydrogen-bond donors (Lipinski definition) is 1. The predicted octanol–water partition coefficient (Wildman–Crippen LogP) is 1.96. The maximum absolute atomic E-state index is 12.1. The van der Waals surface area contributed by atoms with E-state index in [1.807, 2.05) is 0 Å². The lowest BCUT2D eigenvalue weighted by atomic mass is 10.3. The third-order valence-electron chi connectivity index (χ3n) is 1.27. The van der Waals surface area contributed by atoms with Crippen molar-refractivity contribution in [3.63, 3.8) is 0 Å². The predicted molar refractivity (Wildman–Crippen MR) is 37.1 cm³/mol. The van der Waals surface area contributed by atoms with Gasteiger partial charge in [-0.1, -0.05) is 0 Å². The van der Waals surface area contributed by atoms with Crippen molar-refractivity contribution in [1.82, 2.24) is 4.98 Å². The number of aromatic amines is 1. The van der Waals surface area contributed by atoms with Crippen LogP contribution in [0.25, 0.3) is 0 Å². The second-order valence-corrected chi connectivity index (χ2v) is 2.32. The number of carbonyl (C=O) groups excluding carboxylic acids is 1. The summed E-state index contributed by atoms with van der Waals surface area (Å²) >= 11 is 0. The number of H-pyrrole nitrogens is 1. The number of ether oxygens (including phenoxy) is 1. The molecule has 1 aromatic heterocycles. The average molecular weight is 193 g/mol. The molecule has 13 heavy (non-hydrogen) atoms. The van der Waals surface area contributed by atoms with Gasteiger partial charge in [0.15, 0.2) is 5.75 Å². The topological polar surface area (TPSA) is 42.1 Å². The summed E-state index contributed by atoms with van der Waals surface area (Å²) in [5.74, 6) is -1.29. The molecule has 1 rings (SSSR count). The number of esters is 1. The van der Waals surface area contributed by atoms with E-state index in [-0.39, 0.29) is 0 Å². The van der Waals surface area contributed by atoms with Crippen molar-refractivity contribution in [3.8, 4) is 5.75 Å². The van der Waals surface area contributed by atoms with Gasteiger partial charge in [-0.25, -0.2) is 0 Å². The van der Waals surface area contributed by atoms with Crippen molar-refractivity contribution in [2.75, 3.05) is 0 Å². The Morgan fingerprint density at radius 3 is 2.54 bits per heavy atom. The Morgan fingerprint density at radius 2 is 2.08 bits per heavy atom. The molecule has 0 saturated heterocycles. The zero-order chi connectivity index (χ0) is 10.1. The summed E-state index contributed by atoms with van der Waals surface area (Å²) in [7, 11) is 0. The summed E-state index contributed by atoms with van der Waals surface area (Å²) in [4.78, 5) is 12.6. The molecule has 0 aliphatic carbocycles. The molecular formula is C7H6F3NO2. The summed E-state index contributed by atoms with van der Waals surface area (Å²) in [6, 6.07) is 0. The minimum atomic E-state index is -4.51. The summed E-state index contributed by atoms with van der Waals surface area (Å²) in [6.07, 6.45) is -2.80. The Balaban J connectivity index is 2.96. The summed E-state index contributed by atoms with van der Waals surface area (Å²) in [5.41, 5.74) is -0.984. The molecule has 0 unspecified atom stereocenters. The fraction of sp³-hybridized carbons (Fsp3) is 0.286. The van der Waals surface area contributed by atoms with E-state index in [9.17, 15) is 18.0 Å². The third kappa shape index (κ3) is 2.24. The number of alkyl halides is 3. The van der Waals surface area contributed by atoms with E-state index in [0.29, 0.717) is 0 Å². The van der Waals surface area contributed by atoms with Crippen LogP contribution in [0.4, 0.5) is 13.2 Å². The van der Waals surface area contributed by atoms with Crippen LogP contribution in [-0.2, 0) is 11.0 Å². The van der Waals surface area contributed by atoms with Crippen LogP contribution in [0.5, 0.6) is 5.75 Å². The Labute approximate surface area is 71.5 Å². The minimum Gasteiger partial charge on any atom is -0.424 e. The van der Waals surface area contributed by atoms with E-state index in [2.05, 4.69) is 9.72 Å². The molecule has 0 radical (unpaired) electrons. The van der Waals surface area contributed by atoms with Crippen LogP contribution < -0.4 is 4.74 Å². The Morgan fingerprint density at radius 1 is 1.46 bits per heavy atom. The fourth-order valence-corrected chi connectivity index (χ4v) is 0.810. The van der Waals surface area contributed by atoms with E-state index >= 15 is 0 Å². The lowest BCUT2D eigenvalue weighted by molar-refractivity contribution is -0.141. The van der Waals surface area contributed by atoms with E-state index < -0.39 is 23.5 Å². The molecule has 0 fully saturated rings. The molecule has 6 heteroatoms. The number of carbonyl (C=O) groups is 1. The van der Waals surface area contributed by atoms with E-state index in [1.165, 1.54) is 0 Å². The molecule has 0 aromatic carbocycles. The molecule has 0 atom stereocenters. The first kappa shape index (κ1) is 9.63. The number of halogens is 3. The molecular weight excluding hydrogens is 187 g/mol. The molecule has 0 saturated carbocycles. The van der Waals surface area contributed by atoms with Gasteiger partial charge in [-0.3, -0.25) is 4.79 Å². The molecule has 72 valence electrons. The number of hydrogen-bond acceptors (Lipinski definition) is 2. The lowest BCUT2D eigenvalue weighted by Gasteiger charge is -2.06. The SMILES string of the molecule is CC(=O)Oc1c[nH]cc1C(F)(F)F. The number of aromatic nitrogens is 1. The molecule has 1 heterocycles. The third-order valence-corrected chi connectivity index (χ3v) is 1.27. The van der Waals surface area contributed by atoms with Gasteiger partial charge >= 0.3 is 12.1 Å². The van der Waals surface area contributed by atoms with Crippen LogP contribution in [0.3, 0.4) is 0 Å². The zero-order valence-electron chi connectivity index (χ0n) is 6.61. The Bertz CT molecular complexity index is 316. The van der Waals surface area contributed by atoms with Gasteiger partial charge in [0.1, 0.15) is 5.56 Å². The fourth-order valence-electron chi connectivity index (χ4n) is 0.810. The van der Waals surface area contributed by atoms with Crippen molar-refractivity contribution in [2.45, 2.75) is 13.1 Å². The number of nitrogens with one attached hydrogen (secondary N) is 1. The van der Waals surface area contributed by atoms with Crippen molar-refractivity contribution >= 4 is 5.97 Å². The first-order valence-electron chi connectivity index (χ1n) is 3.33. The summed E-state index contributed by atoms with van der Waals surface area (Å²) < 4.78 is 40.7. The highest BCUT2D eigenvalue weighted by molar-refractivity contribution is 5.69. The van der Waals surface area contributed by atoms with Crippen LogP contribution in [0.15, 0.2) is 12.4 Å². The molecule has 1 N–H and O–H groups in total. The summed E-state index contributed by atoms with van der Waals surface area (Å²) in [5, 5.41) is 0. The van der Waals surface area contributed by atoms with Gasteiger partial charge in [0.25, 0.3) is 0 Å². The highest BCUT2D eigenvalue weighted by Crippen LogP contribution is 2.35. The standard InChI is InChI=1S/C7H6F3NO2/c1-4(12)13-6-3-11-2-5(6)7(8,9)10/h2-3,11H,1H3. The second kappa shape index (κ2) is 3.12. The zero-order valence-corrected chi connectivity index (χ0v) is 6.61. The van der Waals surface area contributed by atoms with Gasteiger partial charge in [-0.05, 0) is 0 Å². The number of rotatable bonds is 1. The smallest absolute Gasteiger partial charge is 0.421 e.